The number of hydrogen-bond donors (Lipinski definition) is 0. The van der Waals surface area contributed by atoms with Crippen LogP contribution in [0.3, 0.4) is 0 Å². The highest BCUT2D eigenvalue weighted by molar-refractivity contribution is 5.91. The monoisotopic (exact) mass is 564 g/mol. The van der Waals surface area contributed by atoms with Crippen LogP contribution in [-0.4, -0.2) is 52.3 Å². The van der Waals surface area contributed by atoms with Gasteiger partial charge in [0.25, 0.3) is 0 Å². The number of hydrogen-bond acceptors (Lipinski definition) is 6. The zero-order valence-corrected chi connectivity index (χ0v) is 24.7. The predicted octanol–water partition coefficient (Wildman–Crippen LogP) is 7.58. The maximum atomic E-state index is 11.9. The fourth-order valence-electron chi connectivity index (χ4n) is 5.76. The number of rotatable bonds is 8. The molecule has 0 aliphatic carbocycles. The van der Waals surface area contributed by atoms with Crippen molar-refractivity contribution in [2.45, 2.75) is 38.5 Å². The summed E-state index contributed by atoms with van der Waals surface area (Å²) in [6, 6.07) is 19.8. The van der Waals surface area contributed by atoms with Gasteiger partial charge < -0.3 is 19.3 Å². The second-order valence-electron chi connectivity index (χ2n) is 11.0. The van der Waals surface area contributed by atoms with E-state index >= 15 is 0 Å². The molecule has 0 spiro atoms. The SMILES string of the molecule is COC(=O)c1ccc(/C=C/c2cc(N3CCCCC3)c(/C=C/c3ccc(C(=O)OC)cc3)cc2N2CCCCC2)cc1. The topological polar surface area (TPSA) is 59.1 Å². The van der Waals surface area contributed by atoms with Crippen LogP contribution < -0.4 is 9.80 Å². The second-order valence-corrected chi connectivity index (χ2v) is 11.0. The second kappa shape index (κ2) is 14.0. The van der Waals surface area contributed by atoms with Crippen LogP contribution in [0.5, 0.6) is 0 Å². The average molecular weight is 565 g/mol. The summed E-state index contributed by atoms with van der Waals surface area (Å²) in [5.41, 5.74) is 8.07. The first-order valence-electron chi connectivity index (χ1n) is 15.0. The number of carbonyl (C=O) groups is 2. The minimum Gasteiger partial charge on any atom is -0.465 e. The number of piperidine rings is 2. The summed E-state index contributed by atoms with van der Waals surface area (Å²) in [4.78, 5) is 28.8. The minimum atomic E-state index is -0.327. The van der Waals surface area contributed by atoms with Crippen molar-refractivity contribution in [3.8, 4) is 0 Å². The van der Waals surface area contributed by atoms with E-state index < -0.39 is 0 Å². The molecular formula is C36H40N2O4. The first-order valence-corrected chi connectivity index (χ1v) is 15.0. The fraction of sp³-hybridized carbons (Fsp3) is 0.333. The van der Waals surface area contributed by atoms with E-state index in [2.05, 4.69) is 46.2 Å². The molecule has 2 aliphatic rings. The molecule has 0 radical (unpaired) electrons. The minimum absolute atomic E-state index is 0.327. The molecule has 42 heavy (non-hydrogen) atoms. The van der Waals surface area contributed by atoms with Crippen LogP contribution in [0.15, 0.2) is 60.7 Å². The van der Waals surface area contributed by atoms with Crippen molar-refractivity contribution < 1.29 is 19.1 Å². The van der Waals surface area contributed by atoms with Gasteiger partial charge in [-0.1, -0.05) is 48.6 Å². The third-order valence-electron chi connectivity index (χ3n) is 8.14. The van der Waals surface area contributed by atoms with Gasteiger partial charge in [0.15, 0.2) is 0 Å². The summed E-state index contributed by atoms with van der Waals surface area (Å²) in [6.45, 7) is 4.21. The molecule has 2 fully saturated rings. The lowest BCUT2D eigenvalue weighted by Crippen LogP contribution is -2.32. The summed E-state index contributed by atoms with van der Waals surface area (Å²) in [7, 11) is 2.80. The van der Waals surface area contributed by atoms with Crippen LogP contribution in [0.4, 0.5) is 11.4 Å². The molecule has 0 unspecified atom stereocenters. The Kier molecular flexibility index (Phi) is 9.75. The molecule has 6 nitrogen and oxygen atoms in total. The largest absolute Gasteiger partial charge is 0.465 e. The molecule has 0 atom stereocenters. The van der Waals surface area contributed by atoms with E-state index in [-0.39, 0.29) is 11.9 Å². The van der Waals surface area contributed by atoms with Gasteiger partial charge in [0.2, 0.25) is 0 Å². The number of anilines is 2. The Labute approximate surface area is 249 Å². The van der Waals surface area contributed by atoms with Crippen molar-refractivity contribution in [2.75, 3.05) is 50.2 Å². The molecule has 0 N–H and O–H groups in total. The van der Waals surface area contributed by atoms with Crippen molar-refractivity contribution in [2.24, 2.45) is 0 Å². The van der Waals surface area contributed by atoms with E-state index in [4.69, 9.17) is 9.47 Å². The van der Waals surface area contributed by atoms with Gasteiger partial charge in [-0.05, 0) is 97.2 Å². The Bertz CT molecular complexity index is 1320. The van der Waals surface area contributed by atoms with Crippen molar-refractivity contribution in [3.63, 3.8) is 0 Å². The van der Waals surface area contributed by atoms with E-state index in [1.165, 1.54) is 75.2 Å². The van der Waals surface area contributed by atoms with Crippen LogP contribution in [0, 0.1) is 0 Å². The highest BCUT2D eigenvalue weighted by atomic mass is 16.5. The highest BCUT2D eigenvalue weighted by Crippen LogP contribution is 2.36. The number of carbonyl (C=O) groups excluding carboxylic acids is 2. The number of nitrogens with zero attached hydrogens (tertiary/aromatic N) is 2. The van der Waals surface area contributed by atoms with E-state index in [0.29, 0.717) is 11.1 Å². The van der Waals surface area contributed by atoms with E-state index in [1.807, 2.05) is 48.5 Å². The van der Waals surface area contributed by atoms with Crippen LogP contribution in [-0.2, 0) is 9.47 Å². The van der Waals surface area contributed by atoms with Gasteiger partial charge in [-0.25, -0.2) is 9.59 Å². The quantitative estimate of drug-likeness (QED) is 0.208. The van der Waals surface area contributed by atoms with Crippen LogP contribution in [0.1, 0.15) is 81.5 Å². The molecule has 2 heterocycles. The Morgan fingerprint density at radius 2 is 0.905 bits per heavy atom. The molecule has 3 aromatic rings. The van der Waals surface area contributed by atoms with E-state index in [1.54, 1.807) is 0 Å². The van der Waals surface area contributed by atoms with Crippen molar-refractivity contribution in [3.05, 3.63) is 94.0 Å². The molecule has 218 valence electrons. The molecule has 0 saturated carbocycles. The highest BCUT2D eigenvalue weighted by Gasteiger charge is 2.20. The maximum absolute atomic E-state index is 11.9. The molecular weight excluding hydrogens is 524 g/mol. The molecule has 0 amide bonds. The van der Waals surface area contributed by atoms with Gasteiger partial charge in [0.05, 0.1) is 25.3 Å². The van der Waals surface area contributed by atoms with Crippen molar-refractivity contribution in [1.29, 1.82) is 0 Å². The van der Waals surface area contributed by atoms with E-state index in [0.717, 1.165) is 37.3 Å². The lowest BCUT2D eigenvalue weighted by atomic mass is 9.99. The molecule has 6 heteroatoms. The van der Waals surface area contributed by atoms with Gasteiger partial charge in [-0.3, -0.25) is 0 Å². The van der Waals surface area contributed by atoms with E-state index in [9.17, 15) is 9.59 Å². The molecule has 2 saturated heterocycles. The fourth-order valence-corrected chi connectivity index (χ4v) is 5.76. The molecule has 0 bridgehead atoms. The summed E-state index contributed by atoms with van der Waals surface area (Å²) in [5, 5.41) is 0. The summed E-state index contributed by atoms with van der Waals surface area (Å²) >= 11 is 0. The number of ether oxygens (including phenoxy) is 2. The molecule has 5 rings (SSSR count). The van der Waals surface area contributed by atoms with Gasteiger partial charge in [0, 0.05) is 37.6 Å². The first-order chi connectivity index (χ1) is 20.6. The zero-order valence-electron chi connectivity index (χ0n) is 24.7. The lowest BCUT2D eigenvalue weighted by molar-refractivity contribution is 0.0592. The van der Waals surface area contributed by atoms with Crippen LogP contribution in [0.25, 0.3) is 24.3 Å². The third-order valence-corrected chi connectivity index (χ3v) is 8.14. The van der Waals surface area contributed by atoms with Gasteiger partial charge in [-0.15, -0.1) is 0 Å². The number of benzene rings is 3. The zero-order chi connectivity index (χ0) is 29.3. The Morgan fingerprint density at radius 3 is 1.24 bits per heavy atom. The summed E-state index contributed by atoms with van der Waals surface area (Å²) in [6.07, 6.45) is 16.0. The molecule has 2 aliphatic heterocycles. The lowest BCUT2D eigenvalue weighted by Gasteiger charge is -2.34. The number of esters is 2. The average Bonchev–Trinajstić information content (AvgIpc) is 3.06. The maximum Gasteiger partial charge on any atom is 0.337 e. The molecule has 3 aromatic carbocycles. The third kappa shape index (κ3) is 7.11. The standard InChI is InChI=1S/C36H40N2O4/c1-41-35(39)29-15-9-27(10-16-29)13-19-31-25-34(38-23-7-4-8-24-38)32(26-33(31)37-21-5-3-6-22-37)20-14-28-11-17-30(18-12-28)36(40)42-2/h9-20,25-26H,3-8,21-24H2,1-2H3/b19-13+,20-14+. The predicted molar refractivity (Wildman–Crippen MR) is 172 cm³/mol. The summed E-state index contributed by atoms with van der Waals surface area (Å²) in [5.74, 6) is -0.653. The van der Waals surface area contributed by atoms with Crippen LogP contribution >= 0.6 is 0 Å². The van der Waals surface area contributed by atoms with Crippen LogP contribution in [0.2, 0.25) is 0 Å². The smallest absolute Gasteiger partial charge is 0.337 e. The first kappa shape index (κ1) is 29.2. The van der Waals surface area contributed by atoms with Gasteiger partial charge >= 0.3 is 11.9 Å². The van der Waals surface area contributed by atoms with Gasteiger partial charge in [-0.2, -0.15) is 0 Å². The number of methoxy groups -OCH3 is 2. The van der Waals surface area contributed by atoms with Crippen molar-refractivity contribution in [1.82, 2.24) is 0 Å². The van der Waals surface area contributed by atoms with Gasteiger partial charge in [0.1, 0.15) is 0 Å². The normalized spacial score (nSPS) is 15.8. The Balaban J connectivity index is 1.52. The Morgan fingerprint density at radius 1 is 0.548 bits per heavy atom. The molecule has 0 aromatic heterocycles. The summed E-state index contributed by atoms with van der Waals surface area (Å²) < 4.78 is 9.69. The van der Waals surface area contributed by atoms with Crippen molar-refractivity contribution >= 4 is 47.6 Å². The Hall–Kier alpha value is -4.32.